The van der Waals surface area contributed by atoms with Crippen molar-refractivity contribution in [2.45, 2.75) is 32.4 Å². The van der Waals surface area contributed by atoms with Gasteiger partial charge in [0.25, 0.3) is 0 Å². The molecule has 4 heteroatoms. The molecule has 0 amide bonds. The lowest BCUT2D eigenvalue weighted by molar-refractivity contribution is 0.169. The summed E-state index contributed by atoms with van der Waals surface area (Å²) >= 11 is 0. The molecule has 1 aliphatic heterocycles. The van der Waals surface area contributed by atoms with E-state index in [4.69, 9.17) is 0 Å². The third kappa shape index (κ3) is 3.63. The fourth-order valence-corrected chi connectivity index (χ4v) is 3.20. The molecule has 1 aromatic carbocycles. The molecule has 0 N–H and O–H groups in total. The van der Waals surface area contributed by atoms with Crippen LogP contribution in [0.4, 0.5) is 5.95 Å². The first-order valence-corrected chi connectivity index (χ1v) is 8.16. The van der Waals surface area contributed by atoms with Gasteiger partial charge in [-0.15, -0.1) is 0 Å². The molecule has 22 heavy (non-hydrogen) atoms. The molecular weight excluding hydrogens is 272 g/mol. The molecule has 1 aromatic heterocycles. The predicted molar refractivity (Wildman–Crippen MR) is 89.8 cm³/mol. The first-order valence-electron chi connectivity index (χ1n) is 8.16. The Morgan fingerprint density at radius 1 is 1.05 bits per heavy atom. The van der Waals surface area contributed by atoms with Crippen molar-refractivity contribution in [2.24, 2.45) is 0 Å². The van der Waals surface area contributed by atoms with E-state index in [0.717, 1.165) is 32.1 Å². The second kappa shape index (κ2) is 7.36. The Morgan fingerprint density at radius 2 is 1.73 bits per heavy atom. The standard InChI is InChI=1S/C18H24N4/c1-2-21(15-16-7-4-3-5-8-16)17-9-13-22(14-10-17)18-19-11-6-12-20-18/h3-8,11-12,17H,2,9-10,13-15H2,1H3. The maximum absolute atomic E-state index is 4.36. The van der Waals surface area contributed by atoms with E-state index in [9.17, 15) is 0 Å². The van der Waals surface area contributed by atoms with Gasteiger partial charge in [0.2, 0.25) is 5.95 Å². The normalized spacial score (nSPS) is 16.2. The van der Waals surface area contributed by atoms with Crippen LogP contribution < -0.4 is 4.90 Å². The summed E-state index contributed by atoms with van der Waals surface area (Å²) in [7, 11) is 0. The summed E-state index contributed by atoms with van der Waals surface area (Å²) in [6, 6.07) is 13.3. The van der Waals surface area contributed by atoms with Gasteiger partial charge in [-0.3, -0.25) is 4.90 Å². The van der Waals surface area contributed by atoms with Crippen molar-refractivity contribution < 1.29 is 0 Å². The topological polar surface area (TPSA) is 32.3 Å². The van der Waals surface area contributed by atoms with Crippen LogP contribution in [0.3, 0.4) is 0 Å². The number of hydrogen-bond acceptors (Lipinski definition) is 4. The smallest absolute Gasteiger partial charge is 0.225 e. The predicted octanol–water partition coefficient (Wildman–Crippen LogP) is 2.97. The second-order valence-corrected chi connectivity index (χ2v) is 5.82. The maximum Gasteiger partial charge on any atom is 0.225 e. The van der Waals surface area contributed by atoms with Gasteiger partial charge in [0, 0.05) is 38.1 Å². The molecule has 1 saturated heterocycles. The fourth-order valence-electron chi connectivity index (χ4n) is 3.20. The number of anilines is 1. The average molecular weight is 296 g/mol. The van der Waals surface area contributed by atoms with Gasteiger partial charge in [0.1, 0.15) is 0 Å². The quantitative estimate of drug-likeness (QED) is 0.849. The molecule has 0 aliphatic carbocycles. The fraction of sp³-hybridized carbons (Fsp3) is 0.444. The molecule has 0 atom stereocenters. The minimum Gasteiger partial charge on any atom is -0.341 e. The minimum absolute atomic E-state index is 0.658. The molecule has 3 rings (SSSR count). The van der Waals surface area contributed by atoms with Crippen molar-refractivity contribution in [3.63, 3.8) is 0 Å². The van der Waals surface area contributed by atoms with Gasteiger partial charge in [-0.1, -0.05) is 37.3 Å². The van der Waals surface area contributed by atoms with Gasteiger partial charge in [0.05, 0.1) is 0 Å². The Balaban J connectivity index is 1.57. The Hall–Kier alpha value is -1.94. The molecule has 0 unspecified atom stereocenters. The summed E-state index contributed by atoms with van der Waals surface area (Å²) in [6.07, 6.45) is 6.00. The van der Waals surface area contributed by atoms with Gasteiger partial charge in [-0.2, -0.15) is 0 Å². The number of benzene rings is 1. The maximum atomic E-state index is 4.36. The van der Waals surface area contributed by atoms with E-state index in [1.54, 1.807) is 0 Å². The monoisotopic (exact) mass is 296 g/mol. The zero-order chi connectivity index (χ0) is 15.2. The summed E-state index contributed by atoms with van der Waals surface area (Å²) in [4.78, 5) is 13.6. The Kier molecular flexibility index (Phi) is 5.01. The highest BCUT2D eigenvalue weighted by Crippen LogP contribution is 2.21. The van der Waals surface area contributed by atoms with E-state index < -0.39 is 0 Å². The number of hydrogen-bond donors (Lipinski definition) is 0. The molecular formula is C18H24N4. The SMILES string of the molecule is CCN(Cc1ccccc1)C1CCN(c2ncccn2)CC1. The van der Waals surface area contributed by atoms with E-state index in [2.05, 4.69) is 57.0 Å². The number of aromatic nitrogens is 2. The molecule has 0 spiro atoms. The van der Waals surface area contributed by atoms with Crippen LogP contribution in [0.25, 0.3) is 0 Å². The molecule has 4 nitrogen and oxygen atoms in total. The van der Waals surface area contributed by atoms with Crippen molar-refractivity contribution in [3.8, 4) is 0 Å². The lowest BCUT2D eigenvalue weighted by atomic mass is 10.0. The highest BCUT2D eigenvalue weighted by atomic mass is 15.3. The molecule has 116 valence electrons. The summed E-state index contributed by atoms with van der Waals surface area (Å²) in [6.45, 7) is 6.49. The van der Waals surface area contributed by atoms with E-state index in [-0.39, 0.29) is 0 Å². The van der Waals surface area contributed by atoms with Crippen molar-refractivity contribution in [2.75, 3.05) is 24.5 Å². The van der Waals surface area contributed by atoms with Crippen LogP contribution in [0.2, 0.25) is 0 Å². The van der Waals surface area contributed by atoms with Crippen molar-refractivity contribution in [1.82, 2.24) is 14.9 Å². The van der Waals surface area contributed by atoms with Crippen LogP contribution in [-0.2, 0) is 6.54 Å². The molecule has 0 radical (unpaired) electrons. The zero-order valence-electron chi connectivity index (χ0n) is 13.2. The second-order valence-electron chi connectivity index (χ2n) is 5.82. The molecule has 0 saturated carbocycles. The van der Waals surface area contributed by atoms with Gasteiger partial charge in [0.15, 0.2) is 0 Å². The largest absolute Gasteiger partial charge is 0.341 e. The van der Waals surface area contributed by atoms with Gasteiger partial charge < -0.3 is 4.90 Å². The van der Waals surface area contributed by atoms with E-state index in [0.29, 0.717) is 6.04 Å². The first kappa shape index (κ1) is 15.0. The van der Waals surface area contributed by atoms with Crippen molar-refractivity contribution in [1.29, 1.82) is 0 Å². The van der Waals surface area contributed by atoms with Crippen LogP contribution in [0, 0.1) is 0 Å². The number of rotatable bonds is 5. The molecule has 2 aromatic rings. The van der Waals surface area contributed by atoms with E-state index in [1.807, 2.05) is 18.5 Å². The van der Waals surface area contributed by atoms with Gasteiger partial charge in [-0.25, -0.2) is 9.97 Å². The summed E-state index contributed by atoms with van der Waals surface area (Å²) in [5.74, 6) is 0.868. The van der Waals surface area contributed by atoms with Gasteiger partial charge in [-0.05, 0) is 31.0 Å². The van der Waals surface area contributed by atoms with Crippen LogP contribution in [0.1, 0.15) is 25.3 Å². The molecule has 1 fully saturated rings. The Labute approximate surface area is 132 Å². The molecule has 0 bridgehead atoms. The third-order valence-corrected chi connectivity index (χ3v) is 4.45. The number of piperidine rings is 1. The Morgan fingerprint density at radius 3 is 2.36 bits per heavy atom. The van der Waals surface area contributed by atoms with Gasteiger partial charge >= 0.3 is 0 Å². The number of nitrogens with zero attached hydrogens (tertiary/aromatic N) is 4. The van der Waals surface area contributed by atoms with E-state index in [1.165, 1.54) is 18.4 Å². The van der Waals surface area contributed by atoms with Crippen LogP contribution in [0.15, 0.2) is 48.8 Å². The lowest BCUT2D eigenvalue weighted by Crippen LogP contribution is -2.45. The van der Waals surface area contributed by atoms with E-state index >= 15 is 0 Å². The Bertz CT molecular complexity index is 550. The molecule has 2 heterocycles. The zero-order valence-corrected chi connectivity index (χ0v) is 13.2. The summed E-state index contributed by atoms with van der Waals surface area (Å²) in [5, 5.41) is 0. The summed E-state index contributed by atoms with van der Waals surface area (Å²) < 4.78 is 0. The van der Waals surface area contributed by atoms with Crippen molar-refractivity contribution in [3.05, 3.63) is 54.4 Å². The highest BCUT2D eigenvalue weighted by molar-refractivity contribution is 5.29. The first-order chi connectivity index (χ1) is 10.9. The lowest BCUT2D eigenvalue weighted by Gasteiger charge is -2.38. The minimum atomic E-state index is 0.658. The average Bonchev–Trinajstić information content (AvgIpc) is 2.61. The van der Waals surface area contributed by atoms with Crippen LogP contribution in [-0.4, -0.2) is 40.5 Å². The highest BCUT2D eigenvalue weighted by Gasteiger charge is 2.24. The summed E-state index contributed by atoms with van der Waals surface area (Å²) in [5.41, 5.74) is 1.40. The van der Waals surface area contributed by atoms with Crippen LogP contribution >= 0.6 is 0 Å². The van der Waals surface area contributed by atoms with Crippen LogP contribution in [0.5, 0.6) is 0 Å². The third-order valence-electron chi connectivity index (χ3n) is 4.45. The van der Waals surface area contributed by atoms with Crippen molar-refractivity contribution >= 4 is 5.95 Å². The molecule has 1 aliphatic rings.